The third-order valence-electron chi connectivity index (χ3n) is 4.24. The normalized spacial score (nSPS) is 12.0. The van der Waals surface area contributed by atoms with Crippen molar-refractivity contribution in [3.63, 3.8) is 0 Å². The predicted molar refractivity (Wildman–Crippen MR) is 101 cm³/mol. The fourth-order valence-corrected chi connectivity index (χ4v) is 2.79. The van der Waals surface area contributed by atoms with Gasteiger partial charge in [0.25, 0.3) is 5.56 Å². The van der Waals surface area contributed by atoms with Crippen LogP contribution in [0.15, 0.2) is 72.2 Å². The molecule has 0 unspecified atom stereocenters. The zero-order valence-electron chi connectivity index (χ0n) is 14.5. The zero-order valence-corrected chi connectivity index (χ0v) is 14.5. The van der Waals surface area contributed by atoms with Crippen LogP contribution in [-0.4, -0.2) is 30.2 Å². The number of amides is 1. The molecule has 1 N–H and O–H groups in total. The summed E-state index contributed by atoms with van der Waals surface area (Å²) < 4.78 is 2.88. The Labute approximate surface area is 154 Å². The summed E-state index contributed by atoms with van der Waals surface area (Å²) in [6, 6.07) is 10.1. The largest absolute Gasteiger partial charge is 0.322 e. The van der Waals surface area contributed by atoms with Crippen LogP contribution in [0.25, 0.3) is 16.7 Å². The van der Waals surface area contributed by atoms with Crippen LogP contribution in [0.4, 0.5) is 5.69 Å². The highest BCUT2D eigenvalue weighted by Gasteiger charge is 2.18. The first kappa shape index (κ1) is 16.6. The van der Waals surface area contributed by atoms with Gasteiger partial charge in [0.15, 0.2) is 0 Å². The van der Waals surface area contributed by atoms with Crippen molar-refractivity contribution < 1.29 is 4.79 Å². The van der Waals surface area contributed by atoms with Gasteiger partial charge in [0, 0.05) is 24.0 Å². The van der Waals surface area contributed by atoms with Crippen LogP contribution in [-0.2, 0) is 4.79 Å². The van der Waals surface area contributed by atoms with E-state index in [1.807, 2.05) is 18.2 Å². The monoisotopic (exact) mass is 360 g/mol. The molecule has 0 saturated carbocycles. The molecule has 1 amide bonds. The first-order valence-electron chi connectivity index (χ1n) is 8.36. The van der Waals surface area contributed by atoms with Gasteiger partial charge >= 0.3 is 0 Å². The topological polar surface area (TPSA) is 94.7 Å². The lowest BCUT2D eigenvalue weighted by atomic mass is 10.1. The van der Waals surface area contributed by atoms with Crippen molar-refractivity contribution >= 4 is 22.4 Å². The molecule has 134 valence electrons. The Hall–Kier alpha value is -3.81. The molecule has 0 fully saturated rings. The Morgan fingerprint density at radius 3 is 2.70 bits per heavy atom. The number of hydrogen-bond donors (Lipinski definition) is 1. The summed E-state index contributed by atoms with van der Waals surface area (Å²) in [7, 11) is 0. The summed E-state index contributed by atoms with van der Waals surface area (Å²) in [5.74, 6) is 0.0812. The lowest BCUT2D eigenvalue weighted by Gasteiger charge is -2.15. The number of carbonyl (C=O) groups is 1. The number of aromatic nitrogens is 5. The fraction of sp³-hybridized carbons (Fsp3) is 0.105. The van der Waals surface area contributed by atoms with E-state index in [0.717, 1.165) is 5.39 Å². The van der Waals surface area contributed by atoms with Gasteiger partial charge < -0.3 is 9.88 Å². The van der Waals surface area contributed by atoms with Crippen LogP contribution in [0.2, 0.25) is 0 Å². The summed E-state index contributed by atoms with van der Waals surface area (Å²) in [5.41, 5.74) is 0.289. The van der Waals surface area contributed by atoms with E-state index < -0.39 is 6.04 Å². The predicted octanol–water partition coefficient (Wildman–Crippen LogP) is 2.18. The van der Waals surface area contributed by atoms with Crippen molar-refractivity contribution in [2.45, 2.75) is 13.0 Å². The molecule has 4 rings (SSSR count). The Morgan fingerprint density at radius 2 is 1.89 bits per heavy atom. The molecule has 3 heterocycles. The minimum absolute atomic E-state index is 0.205. The third-order valence-corrected chi connectivity index (χ3v) is 4.24. The second-order valence-corrected chi connectivity index (χ2v) is 6.00. The second kappa shape index (κ2) is 6.83. The molecule has 1 aromatic carbocycles. The average Bonchev–Trinajstić information content (AvgIpc) is 3.17. The molecule has 3 aromatic heterocycles. The minimum atomic E-state index is -0.682. The lowest BCUT2D eigenvalue weighted by Crippen LogP contribution is -2.31. The standard InChI is InChI=1S/C19H16N6O2/c1-13(24-10-7-14-5-2-3-6-16(14)18(24)27)17(26)23-15-11-22-25(12-15)19-20-8-4-9-21-19/h2-13H,1H3,(H,23,26)/t13-/m0/s1. The van der Waals surface area contributed by atoms with Gasteiger partial charge in [-0.3, -0.25) is 9.59 Å². The molecule has 0 aliphatic carbocycles. The van der Waals surface area contributed by atoms with E-state index in [2.05, 4.69) is 20.4 Å². The summed E-state index contributed by atoms with van der Waals surface area (Å²) in [6.45, 7) is 1.68. The molecule has 0 saturated heterocycles. The molecule has 27 heavy (non-hydrogen) atoms. The highest BCUT2D eigenvalue weighted by molar-refractivity contribution is 5.93. The van der Waals surface area contributed by atoms with Crippen LogP contribution < -0.4 is 10.9 Å². The molecule has 8 nitrogen and oxygen atoms in total. The molecule has 0 radical (unpaired) electrons. The number of hydrogen-bond acceptors (Lipinski definition) is 5. The van der Waals surface area contributed by atoms with E-state index in [4.69, 9.17) is 0 Å². The Morgan fingerprint density at radius 1 is 1.11 bits per heavy atom. The van der Waals surface area contributed by atoms with Crippen molar-refractivity contribution in [2.75, 3.05) is 5.32 Å². The number of pyridine rings is 1. The van der Waals surface area contributed by atoms with Crippen LogP contribution in [0.5, 0.6) is 0 Å². The van der Waals surface area contributed by atoms with E-state index in [-0.39, 0.29) is 11.5 Å². The Kier molecular flexibility index (Phi) is 4.21. The molecular weight excluding hydrogens is 344 g/mol. The number of anilines is 1. The van der Waals surface area contributed by atoms with Crippen LogP contribution in [0.3, 0.4) is 0 Å². The molecule has 0 aliphatic heterocycles. The summed E-state index contributed by atoms with van der Waals surface area (Å²) in [6.07, 6.45) is 7.97. The van der Waals surface area contributed by atoms with Crippen molar-refractivity contribution in [1.29, 1.82) is 0 Å². The van der Waals surface area contributed by atoms with Gasteiger partial charge in [0.2, 0.25) is 11.9 Å². The number of nitrogens with zero attached hydrogens (tertiary/aromatic N) is 5. The van der Waals surface area contributed by atoms with Gasteiger partial charge in [-0.05, 0) is 30.5 Å². The molecule has 0 spiro atoms. The van der Waals surface area contributed by atoms with E-state index in [9.17, 15) is 9.59 Å². The molecular formula is C19H16N6O2. The van der Waals surface area contributed by atoms with E-state index >= 15 is 0 Å². The number of nitrogens with one attached hydrogen (secondary N) is 1. The van der Waals surface area contributed by atoms with E-state index in [1.165, 1.54) is 15.4 Å². The summed E-state index contributed by atoms with van der Waals surface area (Å²) >= 11 is 0. The maximum atomic E-state index is 12.7. The second-order valence-electron chi connectivity index (χ2n) is 6.00. The van der Waals surface area contributed by atoms with Gasteiger partial charge in [-0.1, -0.05) is 18.2 Å². The van der Waals surface area contributed by atoms with Crippen LogP contribution in [0.1, 0.15) is 13.0 Å². The summed E-state index contributed by atoms with van der Waals surface area (Å²) in [5, 5.41) is 8.33. The first-order chi connectivity index (χ1) is 13.1. The maximum absolute atomic E-state index is 12.7. The molecule has 4 aromatic rings. The molecule has 0 aliphatic rings. The van der Waals surface area contributed by atoms with Crippen molar-refractivity contribution in [1.82, 2.24) is 24.3 Å². The van der Waals surface area contributed by atoms with E-state index in [0.29, 0.717) is 17.0 Å². The van der Waals surface area contributed by atoms with Crippen LogP contribution >= 0.6 is 0 Å². The Balaban J connectivity index is 1.56. The quantitative estimate of drug-likeness (QED) is 0.602. The van der Waals surface area contributed by atoms with Crippen molar-refractivity contribution in [3.8, 4) is 5.95 Å². The van der Waals surface area contributed by atoms with Gasteiger partial charge in [-0.15, -0.1) is 0 Å². The van der Waals surface area contributed by atoms with Crippen molar-refractivity contribution in [3.05, 3.63) is 77.7 Å². The molecule has 8 heteroatoms. The summed E-state index contributed by atoms with van der Waals surface area (Å²) in [4.78, 5) is 33.5. The molecule has 0 bridgehead atoms. The van der Waals surface area contributed by atoms with Crippen LogP contribution in [0, 0.1) is 0 Å². The van der Waals surface area contributed by atoms with Gasteiger partial charge in [-0.25, -0.2) is 14.6 Å². The van der Waals surface area contributed by atoms with Gasteiger partial charge in [-0.2, -0.15) is 5.10 Å². The zero-order chi connectivity index (χ0) is 18.8. The number of carbonyl (C=O) groups excluding carboxylic acids is 1. The van der Waals surface area contributed by atoms with Gasteiger partial charge in [0.1, 0.15) is 6.04 Å². The Bertz CT molecular complexity index is 1170. The maximum Gasteiger partial charge on any atom is 0.259 e. The van der Waals surface area contributed by atoms with Crippen molar-refractivity contribution in [2.24, 2.45) is 0 Å². The highest BCUT2D eigenvalue weighted by Crippen LogP contribution is 2.14. The fourth-order valence-electron chi connectivity index (χ4n) is 2.79. The van der Waals surface area contributed by atoms with E-state index in [1.54, 1.807) is 49.9 Å². The first-order valence-corrected chi connectivity index (χ1v) is 8.36. The number of fused-ring (bicyclic) bond motifs is 1. The smallest absolute Gasteiger partial charge is 0.259 e. The SMILES string of the molecule is C[C@@H](C(=O)Nc1cnn(-c2ncccn2)c1)n1ccc2ccccc2c1=O. The number of benzene rings is 1. The molecule has 1 atom stereocenters. The third kappa shape index (κ3) is 3.20. The average molecular weight is 360 g/mol. The lowest BCUT2D eigenvalue weighted by molar-refractivity contribution is -0.118. The highest BCUT2D eigenvalue weighted by atomic mass is 16.2. The van der Waals surface area contributed by atoms with Gasteiger partial charge in [0.05, 0.1) is 18.1 Å². The number of rotatable bonds is 4. The minimum Gasteiger partial charge on any atom is -0.322 e.